The standard InChI is InChI=1S/C22H25N5O3S/c1-26(2)31(29,30)18-10-8-17(9-11-18)22(28)24-13-14-27-21(16-6-7-16)15-20(25-27)19-5-3-4-12-23-19/h3-5,8-12,15-16H,6-7,13-14H2,1-2H3,(H,24,28). The second-order valence-corrected chi connectivity index (χ2v) is 9.89. The molecule has 3 aromatic rings. The monoisotopic (exact) mass is 439 g/mol. The molecule has 9 heteroatoms. The van der Waals surface area contributed by atoms with Gasteiger partial charge in [0.2, 0.25) is 10.0 Å². The zero-order valence-electron chi connectivity index (χ0n) is 17.5. The van der Waals surface area contributed by atoms with Crippen molar-refractivity contribution in [1.82, 2.24) is 24.4 Å². The summed E-state index contributed by atoms with van der Waals surface area (Å²) in [7, 11) is -0.570. The van der Waals surface area contributed by atoms with Crippen LogP contribution in [-0.2, 0) is 16.6 Å². The molecule has 1 fully saturated rings. The maximum atomic E-state index is 12.5. The van der Waals surface area contributed by atoms with Crippen LogP contribution in [0.5, 0.6) is 0 Å². The van der Waals surface area contributed by atoms with Crippen LogP contribution in [0.2, 0.25) is 0 Å². The molecule has 1 aromatic carbocycles. The molecule has 4 rings (SSSR count). The zero-order valence-corrected chi connectivity index (χ0v) is 18.3. The minimum Gasteiger partial charge on any atom is -0.350 e. The molecule has 1 N–H and O–H groups in total. The quantitative estimate of drug-likeness (QED) is 0.582. The number of amides is 1. The van der Waals surface area contributed by atoms with Crippen molar-refractivity contribution in [1.29, 1.82) is 0 Å². The Kier molecular flexibility index (Phi) is 5.88. The number of hydrogen-bond donors (Lipinski definition) is 1. The van der Waals surface area contributed by atoms with Gasteiger partial charge in [-0.25, -0.2) is 12.7 Å². The smallest absolute Gasteiger partial charge is 0.251 e. The molecule has 8 nitrogen and oxygen atoms in total. The molecular weight excluding hydrogens is 414 g/mol. The summed E-state index contributed by atoms with van der Waals surface area (Å²) >= 11 is 0. The van der Waals surface area contributed by atoms with Crippen LogP contribution < -0.4 is 5.32 Å². The fraction of sp³-hybridized carbons (Fsp3) is 0.318. The molecule has 1 saturated carbocycles. The maximum absolute atomic E-state index is 12.5. The first-order valence-electron chi connectivity index (χ1n) is 10.2. The lowest BCUT2D eigenvalue weighted by Crippen LogP contribution is -2.28. The molecule has 0 saturated heterocycles. The Morgan fingerprint density at radius 1 is 1.13 bits per heavy atom. The first-order chi connectivity index (χ1) is 14.9. The van der Waals surface area contributed by atoms with E-state index in [4.69, 9.17) is 5.10 Å². The molecule has 2 heterocycles. The van der Waals surface area contributed by atoms with E-state index in [1.807, 2.05) is 22.9 Å². The van der Waals surface area contributed by atoms with Crippen LogP contribution in [0, 0.1) is 0 Å². The van der Waals surface area contributed by atoms with Gasteiger partial charge in [-0.3, -0.25) is 14.5 Å². The highest BCUT2D eigenvalue weighted by atomic mass is 32.2. The first kappa shape index (κ1) is 21.2. The molecular formula is C22H25N5O3S. The third-order valence-electron chi connectivity index (χ3n) is 5.24. The average molecular weight is 440 g/mol. The number of carbonyl (C=O) groups excluding carboxylic acids is 1. The van der Waals surface area contributed by atoms with Gasteiger partial charge in [-0.15, -0.1) is 0 Å². The lowest BCUT2D eigenvalue weighted by molar-refractivity contribution is 0.0951. The van der Waals surface area contributed by atoms with Crippen molar-refractivity contribution in [3.05, 3.63) is 66.0 Å². The van der Waals surface area contributed by atoms with Gasteiger partial charge in [-0.2, -0.15) is 5.10 Å². The lowest BCUT2D eigenvalue weighted by atomic mass is 10.2. The summed E-state index contributed by atoms with van der Waals surface area (Å²) in [6.07, 6.45) is 4.06. The molecule has 0 atom stereocenters. The third-order valence-corrected chi connectivity index (χ3v) is 7.07. The Balaban J connectivity index is 1.40. The molecule has 0 spiro atoms. The number of pyridine rings is 1. The van der Waals surface area contributed by atoms with Gasteiger partial charge < -0.3 is 5.32 Å². The highest BCUT2D eigenvalue weighted by Gasteiger charge is 2.28. The molecule has 162 valence electrons. The average Bonchev–Trinajstić information content (AvgIpc) is 3.54. The zero-order chi connectivity index (χ0) is 22.0. The number of sulfonamides is 1. The van der Waals surface area contributed by atoms with E-state index in [9.17, 15) is 13.2 Å². The van der Waals surface area contributed by atoms with Crippen molar-refractivity contribution < 1.29 is 13.2 Å². The summed E-state index contributed by atoms with van der Waals surface area (Å²) in [5.41, 5.74) is 3.26. The number of hydrogen-bond acceptors (Lipinski definition) is 5. The maximum Gasteiger partial charge on any atom is 0.251 e. The highest BCUT2D eigenvalue weighted by molar-refractivity contribution is 7.89. The van der Waals surface area contributed by atoms with Gasteiger partial charge in [0, 0.05) is 44.0 Å². The molecule has 0 bridgehead atoms. The van der Waals surface area contributed by atoms with Gasteiger partial charge >= 0.3 is 0 Å². The Morgan fingerprint density at radius 3 is 2.48 bits per heavy atom. The minimum absolute atomic E-state index is 0.154. The van der Waals surface area contributed by atoms with Gasteiger partial charge in [0.15, 0.2) is 0 Å². The van der Waals surface area contributed by atoms with E-state index < -0.39 is 10.0 Å². The van der Waals surface area contributed by atoms with E-state index in [1.165, 1.54) is 44.1 Å². The topological polar surface area (TPSA) is 97.2 Å². The highest BCUT2D eigenvalue weighted by Crippen LogP contribution is 2.41. The van der Waals surface area contributed by atoms with Crippen LogP contribution in [0.3, 0.4) is 0 Å². The lowest BCUT2D eigenvalue weighted by Gasteiger charge is -2.12. The summed E-state index contributed by atoms with van der Waals surface area (Å²) < 4.78 is 27.4. The number of carbonyl (C=O) groups is 1. The second kappa shape index (κ2) is 8.60. The van der Waals surface area contributed by atoms with E-state index in [1.54, 1.807) is 6.20 Å². The van der Waals surface area contributed by atoms with Crippen molar-refractivity contribution in [3.8, 4) is 11.4 Å². The summed E-state index contributed by atoms with van der Waals surface area (Å²) in [4.78, 5) is 17.0. The van der Waals surface area contributed by atoms with E-state index in [2.05, 4.69) is 16.4 Å². The van der Waals surface area contributed by atoms with Gasteiger partial charge in [0.05, 0.1) is 17.1 Å². The van der Waals surface area contributed by atoms with E-state index in [0.29, 0.717) is 24.6 Å². The Bertz CT molecular complexity index is 1170. The second-order valence-electron chi connectivity index (χ2n) is 7.73. The molecule has 0 aliphatic heterocycles. The molecule has 2 aromatic heterocycles. The van der Waals surface area contributed by atoms with Crippen molar-refractivity contribution >= 4 is 15.9 Å². The summed E-state index contributed by atoms with van der Waals surface area (Å²) in [6, 6.07) is 13.8. The Labute approximate surface area is 182 Å². The van der Waals surface area contributed by atoms with E-state index in [0.717, 1.165) is 28.5 Å². The van der Waals surface area contributed by atoms with Crippen LogP contribution in [0.15, 0.2) is 59.6 Å². The first-order valence-corrected chi connectivity index (χ1v) is 11.6. The minimum atomic E-state index is -3.52. The van der Waals surface area contributed by atoms with Crippen molar-refractivity contribution in [2.24, 2.45) is 0 Å². The molecule has 1 amide bonds. The summed E-state index contributed by atoms with van der Waals surface area (Å²) in [5, 5.41) is 7.59. The van der Waals surface area contributed by atoms with Crippen LogP contribution in [0.4, 0.5) is 0 Å². The largest absolute Gasteiger partial charge is 0.350 e. The third kappa shape index (κ3) is 4.67. The van der Waals surface area contributed by atoms with E-state index in [-0.39, 0.29) is 10.8 Å². The molecule has 0 unspecified atom stereocenters. The van der Waals surface area contributed by atoms with Crippen molar-refractivity contribution in [2.75, 3.05) is 20.6 Å². The number of benzene rings is 1. The number of nitrogens with zero attached hydrogens (tertiary/aromatic N) is 4. The van der Waals surface area contributed by atoms with Crippen LogP contribution >= 0.6 is 0 Å². The normalized spacial score (nSPS) is 14.0. The number of rotatable bonds is 8. The van der Waals surface area contributed by atoms with Crippen molar-refractivity contribution in [3.63, 3.8) is 0 Å². The van der Waals surface area contributed by atoms with Gasteiger partial charge in [-0.1, -0.05) is 6.07 Å². The Hall–Kier alpha value is -3.04. The van der Waals surface area contributed by atoms with Crippen molar-refractivity contribution in [2.45, 2.75) is 30.2 Å². The predicted molar refractivity (Wildman–Crippen MR) is 117 cm³/mol. The molecule has 1 aliphatic rings. The van der Waals surface area contributed by atoms with Crippen LogP contribution in [0.25, 0.3) is 11.4 Å². The molecule has 0 radical (unpaired) electrons. The van der Waals surface area contributed by atoms with Gasteiger partial charge in [0.25, 0.3) is 5.91 Å². The predicted octanol–water partition coefficient (Wildman–Crippen LogP) is 2.50. The number of aromatic nitrogens is 3. The molecule has 31 heavy (non-hydrogen) atoms. The van der Waals surface area contributed by atoms with Gasteiger partial charge in [0.1, 0.15) is 5.69 Å². The summed E-state index contributed by atoms with van der Waals surface area (Å²) in [6.45, 7) is 0.969. The van der Waals surface area contributed by atoms with Crippen LogP contribution in [-0.4, -0.2) is 54.0 Å². The summed E-state index contributed by atoms with van der Waals surface area (Å²) in [5.74, 6) is 0.269. The van der Waals surface area contributed by atoms with E-state index >= 15 is 0 Å². The SMILES string of the molecule is CN(C)S(=O)(=O)c1ccc(C(=O)NCCn2nc(-c3ccccn3)cc2C2CC2)cc1. The number of nitrogens with one attached hydrogen (secondary N) is 1. The fourth-order valence-corrected chi connectivity index (χ4v) is 4.23. The van der Waals surface area contributed by atoms with Gasteiger partial charge in [-0.05, 0) is 55.3 Å². The fourth-order valence-electron chi connectivity index (χ4n) is 3.32. The van der Waals surface area contributed by atoms with Crippen LogP contribution in [0.1, 0.15) is 34.8 Å². The molecule has 1 aliphatic carbocycles. The Morgan fingerprint density at radius 2 is 1.87 bits per heavy atom.